The minimum Gasteiger partial charge on any atom is -0.376 e. The molecule has 1 aromatic rings. The molecule has 0 saturated heterocycles. The number of rotatable bonds is 4. The molecular weight excluding hydrogens is 238 g/mol. The largest absolute Gasteiger partial charge is 0.376 e. The van der Waals surface area contributed by atoms with E-state index in [1.54, 1.807) is 14.0 Å². The first-order valence-corrected chi connectivity index (χ1v) is 6.44. The maximum absolute atomic E-state index is 11.9. The zero-order chi connectivity index (χ0) is 12.5. The Bertz CT molecular complexity index is 421. The summed E-state index contributed by atoms with van der Waals surface area (Å²) in [5.74, 6) is -0.111. The lowest BCUT2D eigenvalue weighted by Gasteiger charge is -2.40. The molecular formula is C11H17N3O2S. The van der Waals surface area contributed by atoms with Crippen LogP contribution in [0.2, 0.25) is 0 Å². The number of carbonyl (C=O) groups excluding carboxylic acids is 1. The van der Waals surface area contributed by atoms with E-state index < -0.39 is 0 Å². The molecule has 1 saturated carbocycles. The van der Waals surface area contributed by atoms with Crippen LogP contribution in [0, 0.1) is 6.92 Å². The van der Waals surface area contributed by atoms with Gasteiger partial charge in [0.05, 0.1) is 11.3 Å². The number of hydrogen-bond acceptors (Lipinski definition) is 5. The van der Waals surface area contributed by atoms with Crippen LogP contribution in [-0.4, -0.2) is 30.1 Å². The summed E-state index contributed by atoms with van der Waals surface area (Å²) in [6.45, 7) is 2.34. The van der Waals surface area contributed by atoms with Crippen LogP contribution in [0.3, 0.4) is 0 Å². The smallest absolute Gasteiger partial charge is 0.263 e. The van der Waals surface area contributed by atoms with E-state index in [-0.39, 0.29) is 11.5 Å². The normalized spacial score (nSPS) is 17.5. The SMILES string of the molecule is COC1(CNC(=O)c2sc(N)nc2C)CCC1. The van der Waals surface area contributed by atoms with Crippen LogP contribution in [0.5, 0.6) is 0 Å². The van der Waals surface area contributed by atoms with E-state index in [1.807, 2.05) is 0 Å². The zero-order valence-electron chi connectivity index (χ0n) is 10.1. The van der Waals surface area contributed by atoms with Crippen molar-refractivity contribution in [3.8, 4) is 0 Å². The number of aromatic nitrogens is 1. The van der Waals surface area contributed by atoms with Crippen LogP contribution in [-0.2, 0) is 4.74 Å². The van der Waals surface area contributed by atoms with Crippen molar-refractivity contribution in [2.45, 2.75) is 31.8 Å². The van der Waals surface area contributed by atoms with Gasteiger partial charge < -0.3 is 15.8 Å². The van der Waals surface area contributed by atoms with Gasteiger partial charge in [-0.2, -0.15) is 0 Å². The number of nitrogens with two attached hydrogens (primary N) is 1. The molecule has 0 spiro atoms. The first-order valence-electron chi connectivity index (χ1n) is 5.62. The van der Waals surface area contributed by atoms with Crippen LogP contribution < -0.4 is 11.1 Å². The minimum atomic E-state index is -0.153. The van der Waals surface area contributed by atoms with Crippen molar-refractivity contribution in [3.63, 3.8) is 0 Å². The maximum atomic E-state index is 11.9. The van der Waals surface area contributed by atoms with Crippen LogP contribution >= 0.6 is 11.3 Å². The van der Waals surface area contributed by atoms with Crippen molar-refractivity contribution < 1.29 is 9.53 Å². The Labute approximate surface area is 104 Å². The molecule has 1 aromatic heterocycles. The average molecular weight is 255 g/mol. The maximum Gasteiger partial charge on any atom is 0.263 e. The van der Waals surface area contributed by atoms with Gasteiger partial charge in [0, 0.05) is 13.7 Å². The zero-order valence-corrected chi connectivity index (χ0v) is 10.9. The molecule has 6 heteroatoms. The van der Waals surface area contributed by atoms with E-state index in [9.17, 15) is 4.79 Å². The number of nitrogens with zero attached hydrogens (tertiary/aromatic N) is 1. The molecule has 1 aliphatic rings. The van der Waals surface area contributed by atoms with Gasteiger partial charge in [-0.3, -0.25) is 4.79 Å². The highest BCUT2D eigenvalue weighted by Crippen LogP contribution is 2.34. The Balaban J connectivity index is 1.95. The fourth-order valence-electron chi connectivity index (χ4n) is 1.97. The van der Waals surface area contributed by atoms with Crippen molar-refractivity contribution in [2.24, 2.45) is 0 Å². The Morgan fingerprint density at radius 2 is 2.35 bits per heavy atom. The van der Waals surface area contributed by atoms with Crippen molar-refractivity contribution >= 4 is 22.4 Å². The Morgan fingerprint density at radius 3 is 2.76 bits per heavy atom. The molecule has 3 N–H and O–H groups in total. The van der Waals surface area contributed by atoms with Crippen molar-refractivity contribution in [1.82, 2.24) is 10.3 Å². The highest BCUT2D eigenvalue weighted by atomic mass is 32.1. The standard InChI is InChI=1S/C11H17N3O2S/c1-7-8(17-10(12)14-7)9(15)13-6-11(16-2)4-3-5-11/h3-6H2,1-2H3,(H2,12,14)(H,13,15). The summed E-state index contributed by atoms with van der Waals surface area (Å²) in [4.78, 5) is 16.6. The van der Waals surface area contributed by atoms with Gasteiger partial charge in [0.15, 0.2) is 5.13 Å². The van der Waals surface area contributed by atoms with E-state index >= 15 is 0 Å². The Morgan fingerprint density at radius 1 is 1.65 bits per heavy atom. The van der Waals surface area contributed by atoms with E-state index in [0.29, 0.717) is 22.2 Å². The second-order valence-corrected chi connectivity index (χ2v) is 5.42. The summed E-state index contributed by atoms with van der Waals surface area (Å²) in [5.41, 5.74) is 6.10. The Kier molecular flexibility index (Phi) is 3.35. The molecule has 1 amide bonds. The second kappa shape index (κ2) is 4.62. The first kappa shape index (κ1) is 12.3. The molecule has 0 atom stereocenters. The van der Waals surface area contributed by atoms with Gasteiger partial charge in [0.25, 0.3) is 5.91 Å². The predicted molar refractivity (Wildman–Crippen MR) is 67.2 cm³/mol. The van der Waals surface area contributed by atoms with E-state index in [0.717, 1.165) is 19.3 Å². The lowest BCUT2D eigenvalue weighted by atomic mass is 9.80. The molecule has 1 fully saturated rings. The van der Waals surface area contributed by atoms with Gasteiger partial charge in [-0.25, -0.2) is 4.98 Å². The fourth-order valence-corrected chi connectivity index (χ4v) is 2.72. The Hall–Kier alpha value is -1.14. The molecule has 17 heavy (non-hydrogen) atoms. The monoisotopic (exact) mass is 255 g/mol. The molecule has 0 aromatic carbocycles. The number of anilines is 1. The molecule has 2 rings (SSSR count). The van der Waals surface area contributed by atoms with Gasteiger partial charge in [0.2, 0.25) is 0 Å². The van der Waals surface area contributed by atoms with Crippen molar-refractivity contribution in [3.05, 3.63) is 10.6 Å². The molecule has 0 radical (unpaired) electrons. The summed E-state index contributed by atoms with van der Waals surface area (Å²) in [7, 11) is 1.70. The summed E-state index contributed by atoms with van der Waals surface area (Å²) in [5, 5.41) is 3.33. The van der Waals surface area contributed by atoms with Gasteiger partial charge in [0.1, 0.15) is 4.88 Å². The van der Waals surface area contributed by atoms with Crippen LogP contribution in [0.15, 0.2) is 0 Å². The number of aryl methyl sites for hydroxylation is 1. The number of nitrogen functional groups attached to an aromatic ring is 1. The van der Waals surface area contributed by atoms with Crippen molar-refractivity contribution in [2.75, 3.05) is 19.4 Å². The van der Waals surface area contributed by atoms with Crippen LogP contribution in [0.1, 0.15) is 34.6 Å². The molecule has 94 valence electrons. The van der Waals surface area contributed by atoms with Crippen LogP contribution in [0.4, 0.5) is 5.13 Å². The third kappa shape index (κ3) is 2.42. The lowest BCUT2D eigenvalue weighted by molar-refractivity contribution is -0.0679. The number of amides is 1. The first-order chi connectivity index (χ1) is 8.06. The number of methoxy groups -OCH3 is 1. The molecule has 5 nitrogen and oxygen atoms in total. The predicted octanol–water partition coefficient (Wildman–Crippen LogP) is 1.33. The van der Waals surface area contributed by atoms with E-state index in [1.165, 1.54) is 11.3 Å². The highest BCUT2D eigenvalue weighted by molar-refractivity contribution is 7.17. The molecule has 0 aliphatic heterocycles. The van der Waals surface area contributed by atoms with Crippen molar-refractivity contribution in [1.29, 1.82) is 0 Å². The van der Waals surface area contributed by atoms with E-state index in [4.69, 9.17) is 10.5 Å². The minimum absolute atomic E-state index is 0.111. The summed E-state index contributed by atoms with van der Waals surface area (Å²) < 4.78 is 5.44. The van der Waals surface area contributed by atoms with E-state index in [2.05, 4.69) is 10.3 Å². The lowest BCUT2D eigenvalue weighted by Crippen LogP contribution is -2.49. The average Bonchev–Trinajstić information content (AvgIpc) is 2.57. The molecule has 0 unspecified atom stereocenters. The summed E-state index contributed by atoms with van der Waals surface area (Å²) in [6, 6.07) is 0. The molecule has 0 bridgehead atoms. The summed E-state index contributed by atoms with van der Waals surface area (Å²) in [6.07, 6.45) is 3.18. The fraction of sp³-hybridized carbons (Fsp3) is 0.636. The third-order valence-electron chi connectivity index (χ3n) is 3.29. The van der Waals surface area contributed by atoms with Gasteiger partial charge >= 0.3 is 0 Å². The topological polar surface area (TPSA) is 77.2 Å². The second-order valence-electron chi connectivity index (χ2n) is 4.39. The number of nitrogens with one attached hydrogen (secondary N) is 1. The number of thiazole rings is 1. The quantitative estimate of drug-likeness (QED) is 0.851. The highest BCUT2D eigenvalue weighted by Gasteiger charge is 2.37. The van der Waals surface area contributed by atoms with Gasteiger partial charge in [-0.1, -0.05) is 11.3 Å². The molecule has 1 heterocycles. The van der Waals surface area contributed by atoms with Gasteiger partial charge in [-0.15, -0.1) is 0 Å². The van der Waals surface area contributed by atoms with Crippen LogP contribution in [0.25, 0.3) is 0 Å². The number of carbonyl (C=O) groups is 1. The molecule has 1 aliphatic carbocycles. The summed E-state index contributed by atoms with van der Waals surface area (Å²) >= 11 is 1.22. The third-order valence-corrected chi connectivity index (χ3v) is 4.27. The number of hydrogen-bond donors (Lipinski definition) is 2. The van der Waals surface area contributed by atoms with Gasteiger partial charge in [-0.05, 0) is 26.2 Å². The number of ether oxygens (including phenoxy) is 1.